The predicted octanol–water partition coefficient (Wildman–Crippen LogP) is 4.33. The van der Waals surface area contributed by atoms with Crippen LogP contribution in [-0.2, 0) is 21.2 Å². The van der Waals surface area contributed by atoms with Crippen molar-refractivity contribution in [3.05, 3.63) is 92.3 Å². The van der Waals surface area contributed by atoms with Crippen LogP contribution in [0.5, 0.6) is 0 Å². The number of benzene rings is 2. The molecule has 1 saturated carbocycles. The molecule has 6 rings (SSSR count). The van der Waals surface area contributed by atoms with Gasteiger partial charge in [0, 0.05) is 36.3 Å². The van der Waals surface area contributed by atoms with Gasteiger partial charge in [0.05, 0.1) is 27.2 Å². The zero-order chi connectivity index (χ0) is 33.3. The lowest BCUT2D eigenvalue weighted by molar-refractivity contribution is -0.387. The van der Waals surface area contributed by atoms with Gasteiger partial charge in [0.25, 0.3) is 11.2 Å². The standard InChI is InChI=1S/C32H31N7O6S2/c1-38(29-13-12-27-31(35-29)36-30(40)18-46-27)23-10-8-20(9-11-23)25(37-47(44,45)28-5-3-2-4-26(28)39(42)43)16-22-15-21-7-6-19(17-33)14-24(21)34-32(22)41/h2-7,12-15,20,23,25,37H,8-11,16,18H2,1H3,(H,34,41)(H,35,36,40). The van der Waals surface area contributed by atoms with Gasteiger partial charge in [0.2, 0.25) is 15.9 Å². The first kappa shape index (κ1) is 32.2. The number of hydrogen-bond donors (Lipinski definition) is 3. The second-order valence-electron chi connectivity index (χ2n) is 11.7. The summed E-state index contributed by atoms with van der Waals surface area (Å²) < 4.78 is 30.1. The average Bonchev–Trinajstić information content (AvgIpc) is 3.07. The van der Waals surface area contributed by atoms with Crippen LogP contribution in [0.15, 0.2) is 75.2 Å². The van der Waals surface area contributed by atoms with E-state index in [2.05, 4.69) is 24.9 Å². The van der Waals surface area contributed by atoms with E-state index >= 15 is 0 Å². The summed E-state index contributed by atoms with van der Waals surface area (Å²) in [5.41, 5.74) is 0.307. The Morgan fingerprint density at radius 3 is 2.64 bits per heavy atom. The Kier molecular flexibility index (Phi) is 9.00. The first-order valence-electron chi connectivity index (χ1n) is 15.0. The van der Waals surface area contributed by atoms with Gasteiger partial charge in [-0.1, -0.05) is 18.2 Å². The van der Waals surface area contributed by atoms with Gasteiger partial charge in [-0.15, -0.1) is 11.8 Å². The lowest BCUT2D eigenvalue weighted by Gasteiger charge is -2.38. The van der Waals surface area contributed by atoms with Crippen LogP contribution in [0.4, 0.5) is 17.3 Å². The van der Waals surface area contributed by atoms with Crippen molar-refractivity contribution in [1.29, 1.82) is 5.26 Å². The van der Waals surface area contributed by atoms with Gasteiger partial charge < -0.3 is 15.2 Å². The summed E-state index contributed by atoms with van der Waals surface area (Å²) >= 11 is 1.44. The summed E-state index contributed by atoms with van der Waals surface area (Å²) in [4.78, 5) is 46.1. The zero-order valence-corrected chi connectivity index (χ0v) is 26.9. The number of amides is 1. The minimum absolute atomic E-state index is 0.0556. The Balaban J connectivity index is 1.26. The third-order valence-electron chi connectivity index (χ3n) is 8.83. The Bertz CT molecular complexity index is 2090. The highest BCUT2D eigenvalue weighted by atomic mass is 32.2. The second kappa shape index (κ2) is 13.1. The number of rotatable bonds is 9. The lowest BCUT2D eigenvalue weighted by atomic mass is 9.79. The first-order valence-corrected chi connectivity index (χ1v) is 17.5. The maximum atomic E-state index is 13.7. The molecule has 47 heavy (non-hydrogen) atoms. The molecule has 1 amide bonds. The Morgan fingerprint density at radius 2 is 1.89 bits per heavy atom. The number of fused-ring (bicyclic) bond motifs is 2. The number of anilines is 2. The summed E-state index contributed by atoms with van der Waals surface area (Å²) in [6, 6.07) is 17.1. The monoisotopic (exact) mass is 673 g/mol. The molecule has 2 aliphatic rings. The zero-order valence-electron chi connectivity index (χ0n) is 25.3. The number of sulfonamides is 1. The molecule has 0 saturated heterocycles. The number of nitro groups is 1. The van der Waals surface area contributed by atoms with E-state index in [0.29, 0.717) is 65.1 Å². The van der Waals surface area contributed by atoms with E-state index in [9.17, 15) is 33.4 Å². The molecule has 242 valence electrons. The molecule has 15 heteroatoms. The van der Waals surface area contributed by atoms with Crippen LogP contribution >= 0.6 is 11.8 Å². The number of nitrogens with one attached hydrogen (secondary N) is 3. The van der Waals surface area contributed by atoms with Crippen LogP contribution in [0.25, 0.3) is 10.9 Å². The summed E-state index contributed by atoms with van der Waals surface area (Å²) in [5, 5.41) is 24.4. The molecule has 3 N–H and O–H groups in total. The van der Waals surface area contributed by atoms with Crippen LogP contribution < -0.4 is 20.5 Å². The fraction of sp³-hybridized carbons (Fsp3) is 0.312. The normalized spacial score (nSPS) is 18.5. The largest absolute Gasteiger partial charge is 0.357 e. The van der Waals surface area contributed by atoms with Gasteiger partial charge in [0.15, 0.2) is 4.90 Å². The topological polar surface area (TPSA) is 191 Å². The predicted molar refractivity (Wildman–Crippen MR) is 178 cm³/mol. The van der Waals surface area contributed by atoms with Gasteiger partial charge in [0.1, 0.15) is 11.6 Å². The molecule has 1 fully saturated rings. The van der Waals surface area contributed by atoms with Crippen LogP contribution in [-0.4, -0.2) is 54.1 Å². The third kappa shape index (κ3) is 6.85. The molecule has 0 spiro atoms. The van der Waals surface area contributed by atoms with Crippen molar-refractivity contribution in [2.45, 2.75) is 54.0 Å². The molecule has 2 aromatic carbocycles. The van der Waals surface area contributed by atoms with Crippen molar-refractivity contribution in [2.75, 3.05) is 23.0 Å². The van der Waals surface area contributed by atoms with Crippen molar-refractivity contribution in [2.24, 2.45) is 5.92 Å². The maximum Gasteiger partial charge on any atom is 0.289 e. The number of thioether (sulfide) groups is 1. The van der Waals surface area contributed by atoms with Crippen LogP contribution in [0.3, 0.4) is 0 Å². The Labute approximate surface area is 274 Å². The molecular weight excluding hydrogens is 643 g/mol. The first-order chi connectivity index (χ1) is 22.5. The summed E-state index contributed by atoms with van der Waals surface area (Å²) in [6.45, 7) is 0. The molecule has 1 aliphatic heterocycles. The van der Waals surface area contributed by atoms with Crippen molar-refractivity contribution in [3.63, 3.8) is 0 Å². The van der Waals surface area contributed by atoms with Crippen molar-refractivity contribution in [3.8, 4) is 6.07 Å². The molecule has 3 heterocycles. The summed E-state index contributed by atoms with van der Waals surface area (Å²) in [5.74, 6) is 1.33. The molecule has 1 atom stereocenters. The van der Waals surface area contributed by atoms with Crippen LogP contribution in [0.1, 0.15) is 36.8 Å². The van der Waals surface area contributed by atoms with Gasteiger partial charge >= 0.3 is 0 Å². The van der Waals surface area contributed by atoms with E-state index in [1.54, 1.807) is 24.3 Å². The number of nitrogens with zero attached hydrogens (tertiary/aromatic N) is 4. The minimum atomic E-state index is -4.35. The molecular formula is C32H31N7O6S2. The highest BCUT2D eigenvalue weighted by Crippen LogP contribution is 2.36. The van der Waals surface area contributed by atoms with Crippen molar-refractivity contribution >= 4 is 55.9 Å². The smallest absolute Gasteiger partial charge is 0.289 e. The van der Waals surface area contributed by atoms with E-state index in [4.69, 9.17) is 0 Å². The minimum Gasteiger partial charge on any atom is -0.357 e. The number of para-hydroxylation sites is 1. The molecule has 4 aromatic rings. The van der Waals surface area contributed by atoms with Crippen LogP contribution in [0, 0.1) is 27.4 Å². The van der Waals surface area contributed by atoms with Gasteiger partial charge in [-0.3, -0.25) is 19.7 Å². The number of pyridine rings is 2. The molecule has 0 radical (unpaired) electrons. The molecule has 1 aliphatic carbocycles. The number of aromatic nitrogens is 2. The number of aromatic amines is 1. The number of nitriles is 1. The molecule has 0 bridgehead atoms. The maximum absolute atomic E-state index is 13.7. The van der Waals surface area contributed by atoms with Crippen molar-refractivity contribution in [1.82, 2.24) is 14.7 Å². The lowest BCUT2D eigenvalue weighted by Crippen LogP contribution is -2.46. The number of H-pyrrole nitrogens is 1. The van der Waals surface area contributed by atoms with E-state index < -0.39 is 37.1 Å². The fourth-order valence-electron chi connectivity index (χ4n) is 6.34. The van der Waals surface area contributed by atoms with E-state index in [1.165, 1.54) is 30.0 Å². The van der Waals surface area contributed by atoms with E-state index in [0.717, 1.165) is 11.0 Å². The van der Waals surface area contributed by atoms with Gasteiger partial charge in [-0.25, -0.2) is 18.1 Å². The summed E-state index contributed by atoms with van der Waals surface area (Å²) in [7, 11) is -2.41. The quantitative estimate of drug-likeness (QED) is 0.170. The third-order valence-corrected chi connectivity index (χ3v) is 11.4. The fourth-order valence-corrected chi connectivity index (χ4v) is 8.57. The van der Waals surface area contributed by atoms with E-state index in [-0.39, 0.29) is 24.3 Å². The SMILES string of the molecule is CN(c1ccc2c(n1)NC(=O)CS2)C1CCC(C(Cc2cc3ccc(C#N)cc3[nH]c2=O)NS(=O)(=O)c2ccccc2[N+](=O)[O-])CC1. The van der Waals surface area contributed by atoms with Gasteiger partial charge in [-0.05, 0) is 79.8 Å². The highest BCUT2D eigenvalue weighted by Gasteiger charge is 2.35. The van der Waals surface area contributed by atoms with Crippen LogP contribution in [0.2, 0.25) is 0 Å². The average molecular weight is 674 g/mol. The number of hydrogen-bond acceptors (Lipinski definition) is 10. The Morgan fingerprint density at radius 1 is 1.13 bits per heavy atom. The molecule has 13 nitrogen and oxygen atoms in total. The highest BCUT2D eigenvalue weighted by molar-refractivity contribution is 8.00. The summed E-state index contributed by atoms with van der Waals surface area (Å²) in [6.07, 6.45) is 2.70. The number of nitro benzene ring substituents is 1. The Hall–Kier alpha value is -4.78. The van der Waals surface area contributed by atoms with Gasteiger partial charge in [-0.2, -0.15) is 5.26 Å². The molecule has 2 aromatic heterocycles. The van der Waals surface area contributed by atoms with Crippen molar-refractivity contribution < 1.29 is 18.1 Å². The number of carbonyl (C=O) groups excluding carboxylic acids is 1. The number of carbonyl (C=O) groups is 1. The molecule has 1 unspecified atom stereocenters. The second-order valence-corrected chi connectivity index (χ2v) is 14.4. The van der Waals surface area contributed by atoms with E-state index in [1.807, 2.05) is 25.2 Å².